The lowest BCUT2D eigenvalue weighted by molar-refractivity contribution is 0.0115. The number of nitrogens with zero attached hydrogens (tertiary/aromatic N) is 4. The fourth-order valence-electron chi connectivity index (χ4n) is 4.84. The first-order chi connectivity index (χ1) is 17.7. The molecule has 3 heterocycles. The Morgan fingerprint density at radius 3 is 2.39 bits per heavy atom. The van der Waals surface area contributed by atoms with Crippen molar-refractivity contribution in [3.8, 4) is 11.5 Å². The molecule has 2 aliphatic heterocycles. The highest BCUT2D eigenvalue weighted by Gasteiger charge is 2.25. The van der Waals surface area contributed by atoms with Gasteiger partial charge in [0.05, 0.1) is 33.1 Å². The fraction of sp³-hybridized carbons (Fsp3) is 0.407. The molecule has 3 aromatic rings. The first kappa shape index (κ1) is 24.1. The zero-order chi connectivity index (χ0) is 24.7. The van der Waals surface area contributed by atoms with Crippen molar-refractivity contribution >= 4 is 28.8 Å². The minimum Gasteiger partial charge on any atom is -0.497 e. The largest absolute Gasteiger partial charge is 0.497 e. The van der Waals surface area contributed by atoms with Gasteiger partial charge in [0.25, 0.3) is 0 Å². The van der Waals surface area contributed by atoms with Crippen molar-refractivity contribution in [2.24, 2.45) is 0 Å². The zero-order valence-corrected chi connectivity index (χ0v) is 20.9. The third-order valence-electron chi connectivity index (χ3n) is 6.84. The lowest BCUT2D eigenvalue weighted by Crippen LogP contribution is -2.49. The van der Waals surface area contributed by atoms with Gasteiger partial charge in [0.2, 0.25) is 5.95 Å². The Bertz CT molecular complexity index is 1130. The number of methoxy groups -OCH3 is 2. The summed E-state index contributed by atoms with van der Waals surface area (Å²) in [7, 11) is 3.26. The highest BCUT2D eigenvalue weighted by atomic mass is 16.5. The van der Waals surface area contributed by atoms with Crippen LogP contribution in [0.5, 0.6) is 11.5 Å². The number of rotatable bonds is 8. The van der Waals surface area contributed by atoms with E-state index in [0.717, 1.165) is 56.5 Å². The topological polar surface area (TPSA) is 84.0 Å². The van der Waals surface area contributed by atoms with Crippen LogP contribution >= 0.6 is 0 Å². The molecule has 2 aliphatic rings. The minimum absolute atomic E-state index is 0.520. The van der Waals surface area contributed by atoms with Gasteiger partial charge in [0.15, 0.2) is 0 Å². The maximum Gasteiger partial charge on any atom is 0.229 e. The minimum atomic E-state index is 0.520. The Balaban J connectivity index is 1.18. The SMILES string of the molecule is COc1ccc(Nc2ccnc(Nc3ccc(N4CCC(N5CCOCC5)CC4)cc3)n2)c(OC)c1. The van der Waals surface area contributed by atoms with Crippen LogP contribution in [0.1, 0.15) is 12.8 Å². The van der Waals surface area contributed by atoms with E-state index in [-0.39, 0.29) is 0 Å². The van der Waals surface area contributed by atoms with E-state index in [1.807, 2.05) is 24.3 Å². The van der Waals surface area contributed by atoms with E-state index in [0.29, 0.717) is 23.6 Å². The number of hydrogen-bond donors (Lipinski definition) is 2. The number of hydrogen-bond acceptors (Lipinski definition) is 9. The lowest BCUT2D eigenvalue weighted by atomic mass is 10.0. The van der Waals surface area contributed by atoms with Crippen LogP contribution in [0.25, 0.3) is 0 Å². The standard InChI is InChI=1S/C27H34N6O3/c1-34-23-7-8-24(25(19-23)35-2)30-26-9-12-28-27(31-26)29-20-3-5-21(6-4-20)32-13-10-22(11-14-32)33-15-17-36-18-16-33/h3-9,12,19,22H,10-11,13-18H2,1-2H3,(H2,28,29,30,31). The summed E-state index contributed by atoms with van der Waals surface area (Å²) in [5.41, 5.74) is 3.00. The molecule has 0 atom stereocenters. The van der Waals surface area contributed by atoms with Crippen LogP contribution in [0.2, 0.25) is 0 Å². The molecule has 0 bridgehead atoms. The highest BCUT2D eigenvalue weighted by molar-refractivity contribution is 5.67. The average molecular weight is 491 g/mol. The molecule has 0 spiro atoms. The van der Waals surface area contributed by atoms with Gasteiger partial charge in [-0.2, -0.15) is 4.98 Å². The van der Waals surface area contributed by atoms with Gasteiger partial charge in [-0.3, -0.25) is 4.90 Å². The Morgan fingerprint density at radius 2 is 1.67 bits per heavy atom. The van der Waals surface area contributed by atoms with Crippen LogP contribution in [-0.2, 0) is 4.74 Å². The summed E-state index contributed by atoms with van der Waals surface area (Å²) in [6.07, 6.45) is 4.12. The second-order valence-electron chi connectivity index (χ2n) is 9.00. The molecule has 9 heteroatoms. The Morgan fingerprint density at radius 1 is 0.889 bits per heavy atom. The summed E-state index contributed by atoms with van der Waals surface area (Å²) in [6.45, 7) is 6.04. The van der Waals surface area contributed by atoms with Crippen molar-refractivity contribution < 1.29 is 14.2 Å². The predicted molar refractivity (Wildman–Crippen MR) is 142 cm³/mol. The predicted octanol–water partition coefficient (Wildman–Crippen LogP) is 4.28. The Kier molecular flexibility index (Phi) is 7.68. The molecule has 1 aromatic heterocycles. The number of ether oxygens (including phenoxy) is 3. The van der Waals surface area contributed by atoms with E-state index in [9.17, 15) is 0 Å². The van der Waals surface area contributed by atoms with E-state index in [1.165, 1.54) is 18.5 Å². The smallest absolute Gasteiger partial charge is 0.229 e. The maximum atomic E-state index is 5.51. The second-order valence-corrected chi connectivity index (χ2v) is 9.00. The normalized spacial score (nSPS) is 17.0. The van der Waals surface area contributed by atoms with Crippen molar-refractivity contribution in [3.05, 3.63) is 54.7 Å². The van der Waals surface area contributed by atoms with E-state index >= 15 is 0 Å². The van der Waals surface area contributed by atoms with Crippen LogP contribution in [0, 0.1) is 0 Å². The van der Waals surface area contributed by atoms with Gasteiger partial charge in [-0.15, -0.1) is 0 Å². The summed E-state index contributed by atoms with van der Waals surface area (Å²) in [6, 6.07) is 16.6. The molecule has 2 aromatic carbocycles. The molecule has 0 aliphatic carbocycles. The van der Waals surface area contributed by atoms with E-state index in [1.54, 1.807) is 20.4 Å². The molecule has 0 unspecified atom stereocenters. The summed E-state index contributed by atoms with van der Waals surface area (Å²) >= 11 is 0. The quantitative estimate of drug-likeness (QED) is 0.481. The van der Waals surface area contributed by atoms with Crippen LogP contribution < -0.4 is 25.0 Å². The number of morpholine rings is 1. The summed E-state index contributed by atoms with van der Waals surface area (Å²) in [4.78, 5) is 14.1. The third kappa shape index (κ3) is 5.80. The molecule has 2 N–H and O–H groups in total. The summed E-state index contributed by atoms with van der Waals surface area (Å²) in [5.74, 6) is 2.58. The second kappa shape index (κ2) is 11.5. The molecule has 2 fully saturated rings. The number of nitrogens with one attached hydrogen (secondary N) is 2. The van der Waals surface area contributed by atoms with Crippen LogP contribution in [-0.4, -0.2) is 74.5 Å². The maximum absolute atomic E-state index is 5.51. The molecule has 190 valence electrons. The molecule has 9 nitrogen and oxygen atoms in total. The molecule has 2 saturated heterocycles. The lowest BCUT2D eigenvalue weighted by Gasteiger charge is -2.40. The molecule has 36 heavy (non-hydrogen) atoms. The summed E-state index contributed by atoms with van der Waals surface area (Å²) < 4.78 is 16.2. The first-order valence-electron chi connectivity index (χ1n) is 12.5. The molecule has 0 radical (unpaired) electrons. The van der Waals surface area contributed by atoms with Crippen molar-refractivity contribution in [2.75, 3.05) is 69.1 Å². The van der Waals surface area contributed by atoms with Gasteiger partial charge in [0, 0.05) is 55.9 Å². The van der Waals surface area contributed by atoms with Gasteiger partial charge < -0.3 is 29.7 Å². The first-order valence-corrected chi connectivity index (χ1v) is 12.5. The van der Waals surface area contributed by atoms with Crippen LogP contribution in [0.4, 0.5) is 28.8 Å². The van der Waals surface area contributed by atoms with Crippen molar-refractivity contribution in [1.29, 1.82) is 0 Å². The average Bonchev–Trinajstić information content (AvgIpc) is 2.94. The number of benzene rings is 2. The van der Waals surface area contributed by atoms with E-state index < -0.39 is 0 Å². The number of piperidine rings is 1. The van der Waals surface area contributed by atoms with Gasteiger partial charge >= 0.3 is 0 Å². The highest BCUT2D eigenvalue weighted by Crippen LogP contribution is 2.31. The number of aromatic nitrogens is 2. The van der Waals surface area contributed by atoms with Gasteiger partial charge in [-0.25, -0.2) is 4.98 Å². The molecular weight excluding hydrogens is 456 g/mol. The molecule has 5 rings (SSSR count). The zero-order valence-electron chi connectivity index (χ0n) is 20.9. The van der Waals surface area contributed by atoms with Crippen molar-refractivity contribution in [3.63, 3.8) is 0 Å². The Labute approximate surface area is 212 Å². The molecule has 0 amide bonds. The van der Waals surface area contributed by atoms with E-state index in [4.69, 9.17) is 14.2 Å². The van der Waals surface area contributed by atoms with Crippen LogP contribution in [0.15, 0.2) is 54.7 Å². The van der Waals surface area contributed by atoms with Crippen LogP contribution in [0.3, 0.4) is 0 Å². The van der Waals surface area contributed by atoms with Crippen molar-refractivity contribution in [1.82, 2.24) is 14.9 Å². The fourth-order valence-corrected chi connectivity index (χ4v) is 4.84. The number of anilines is 5. The monoisotopic (exact) mass is 490 g/mol. The Hall–Kier alpha value is -3.56. The summed E-state index contributed by atoms with van der Waals surface area (Å²) in [5, 5.41) is 6.60. The van der Waals surface area contributed by atoms with Gasteiger partial charge in [0.1, 0.15) is 17.3 Å². The molecular formula is C27H34N6O3. The third-order valence-corrected chi connectivity index (χ3v) is 6.84. The van der Waals surface area contributed by atoms with Gasteiger partial charge in [-0.05, 0) is 55.3 Å². The van der Waals surface area contributed by atoms with Gasteiger partial charge in [-0.1, -0.05) is 0 Å². The van der Waals surface area contributed by atoms with E-state index in [2.05, 4.69) is 54.7 Å². The van der Waals surface area contributed by atoms with Crippen molar-refractivity contribution in [2.45, 2.75) is 18.9 Å². The molecule has 0 saturated carbocycles.